The topological polar surface area (TPSA) is 79.3 Å². The largest absolute Gasteiger partial charge is 0.480 e. The second-order valence-electron chi connectivity index (χ2n) is 4.60. The Hall–Kier alpha value is -2.12. The van der Waals surface area contributed by atoms with Gasteiger partial charge in [-0.1, -0.05) is 20.3 Å². The number of amides is 1. The first-order chi connectivity index (χ1) is 9.66. The van der Waals surface area contributed by atoms with Crippen LogP contribution in [-0.4, -0.2) is 28.0 Å². The first kappa shape index (κ1) is 16.9. The van der Waals surface area contributed by atoms with Crippen LogP contribution in [0.15, 0.2) is 18.3 Å². The lowest BCUT2D eigenvalue weighted by atomic mass is 9.99. The summed E-state index contributed by atoms with van der Waals surface area (Å²) in [5, 5.41) is 11.3. The van der Waals surface area contributed by atoms with Crippen molar-refractivity contribution in [1.82, 2.24) is 10.3 Å². The molecular formula is C13H15F3N2O3. The lowest BCUT2D eigenvalue weighted by Crippen LogP contribution is -2.45. The average molecular weight is 304 g/mol. The molecule has 5 nitrogen and oxygen atoms in total. The number of aliphatic carboxylic acids is 1. The molecule has 116 valence electrons. The van der Waals surface area contributed by atoms with Gasteiger partial charge in [-0.25, -0.2) is 4.79 Å². The van der Waals surface area contributed by atoms with Gasteiger partial charge >= 0.3 is 12.1 Å². The Balaban J connectivity index is 2.86. The van der Waals surface area contributed by atoms with E-state index in [1.165, 1.54) is 0 Å². The van der Waals surface area contributed by atoms with Crippen LogP contribution in [0.5, 0.6) is 0 Å². The second kappa shape index (κ2) is 6.55. The van der Waals surface area contributed by atoms with E-state index in [1.807, 2.05) is 0 Å². The van der Waals surface area contributed by atoms with E-state index in [2.05, 4.69) is 10.3 Å². The number of carbonyl (C=O) groups excluding carboxylic acids is 1. The summed E-state index contributed by atoms with van der Waals surface area (Å²) in [5.41, 5.74) is -1.24. The van der Waals surface area contributed by atoms with E-state index in [-0.39, 0.29) is 11.6 Å². The quantitative estimate of drug-likeness (QED) is 0.875. The molecular weight excluding hydrogens is 289 g/mol. The average Bonchev–Trinajstić information content (AvgIpc) is 2.42. The van der Waals surface area contributed by atoms with E-state index in [0.29, 0.717) is 12.6 Å². The molecule has 2 atom stereocenters. The number of halogens is 3. The number of hydrogen-bond donors (Lipinski definition) is 2. The van der Waals surface area contributed by atoms with Crippen LogP contribution in [-0.2, 0) is 11.0 Å². The maximum absolute atomic E-state index is 12.4. The number of nitrogens with zero attached hydrogens (tertiary/aromatic N) is 1. The van der Waals surface area contributed by atoms with Crippen molar-refractivity contribution in [2.24, 2.45) is 5.92 Å². The summed E-state index contributed by atoms with van der Waals surface area (Å²) in [5.74, 6) is -2.35. The summed E-state index contributed by atoms with van der Waals surface area (Å²) in [6, 6.07) is 0.515. The first-order valence-electron chi connectivity index (χ1n) is 6.23. The van der Waals surface area contributed by atoms with Gasteiger partial charge in [-0.3, -0.25) is 9.78 Å². The van der Waals surface area contributed by atoms with Gasteiger partial charge in [0.2, 0.25) is 0 Å². The second-order valence-corrected chi connectivity index (χ2v) is 4.60. The number of aromatic nitrogens is 1. The zero-order valence-electron chi connectivity index (χ0n) is 11.4. The van der Waals surface area contributed by atoms with Crippen LogP contribution < -0.4 is 5.32 Å². The van der Waals surface area contributed by atoms with Crippen LogP contribution in [0.1, 0.15) is 36.3 Å². The van der Waals surface area contributed by atoms with Crippen molar-refractivity contribution >= 4 is 11.9 Å². The number of alkyl halides is 3. The molecule has 1 rings (SSSR count). The molecule has 1 heterocycles. The van der Waals surface area contributed by atoms with Gasteiger partial charge in [0.25, 0.3) is 5.91 Å². The Labute approximate surface area is 119 Å². The monoisotopic (exact) mass is 304 g/mol. The number of rotatable bonds is 5. The molecule has 21 heavy (non-hydrogen) atoms. The molecule has 0 spiro atoms. The van der Waals surface area contributed by atoms with Crippen molar-refractivity contribution in [2.45, 2.75) is 32.5 Å². The highest BCUT2D eigenvalue weighted by atomic mass is 19.4. The molecule has 0 bridgehead atoms. The van der Waals surface area contributed by atoms with E-state index in [0.717, 1.165) is 12.1 Å². The molecule has 0 radical (unpaired) electrons. The molecule has 0 saturated heterocycles. The molecule has 0 aliphatic rings. The molecule has 1 aromatic heterocycles. The van der Waals surface area contributed by atoms with Crippen LogP contribution in [0.3, 0.4) is 0 Å². The lowest BCUT2D eigenvalue weighted by Gasteiger charge is -2.19. The molecule has 0 saturated carbocycles. The zero-order chi connectivity index (χ0) is 16.2. The van der Waals surface area contributed by atoms with Crippen molar-refractivity contribution in [3.8, 4) is 0 Å². The van der Waals surface area contributed by atoms with E-state index in [1.54, 1.807) is 13.8 Å². The van der Waals surface area contributed by atoms with E-state index >= 15 is 0 Å². The third-order valence-electron chi connectivity index (χ3n) is 3.09. The minimum Gasteiger partial charge on any atom is -0.480 e. The Morgan fingerprint density at radius 3 is 2.38 bits per heavy atom. The van der Waals surface area contributed by atoms with Gasteiger partial charge in [0.05, 0.1) is 5.56 Å². The van der Waals surface area contributed by atoms with Crippen molar-refractivity contribution in [2.75, 3.05) is 0 Å². The molecule has 2 N–H and O–H groups in total. The van der Waals surface area contributed by atoms with E-state index in [9.17, 15) is 22.8 Å². The van der Waals surface area contributed by atoms with Crippen molar-refractivity contribution in [3.63, 3.8) is 0 Å². The summed E-state index contributed by atoms with van der Waals surface area (Å²) < 4.78 is 37.1. The van der Waals surface area contributed by atoms with Crippen molar-refractivity contribution in [1.29, 1.82) is 0 Å². The fraction of sp³-hybridized carbons (Fsp3) is 0.462. The summed E-state index contributed by atoms with van der Waals surface area (Å²) in [6.45, 7) is 3.42. The molecule has 1 unspecified atom stereocenters. The summed E-state index contributed by atoms with van der Waals surface area (Å²) >= 11 is 0. The minimum atomic E-state index is -4.54. The predicted molar refractivity (Wildman–Crippen MR) is 67.6 cm³/mol. The molecule has 8 heteroatoms. The Kier molecular flexibility index (Phi) is 5.28. The van der Waals surface area contributed by atoms with Gasteiger partial charge in [-0.15, -0.1) is 0 Å². The van der Waals surface area contributed by atoms with E-state index in [4.69, 9.17) is 5.11 Å². The number of carbonyl (C=O) groups is 2. The third-order valence-corrected chi connectivity index (χ3v) is 3.09. The van der Waals surface area contributed by atoms with Crippen LogP contribution in [0, 0.1) is 5.92 Å². The van der Waals surface area contributed by atoms with Gasteiger partial charge in [-0.05, 0) is 18.1 Å². The summed E-state index contributed by atoms with van der Waals surface area (Å²) in [7, 11) is 0. The number of carboxylic acids is 1. The standard InChI is InChI=1S/C13H15F3N2O3/c1-3-7(2)10(12(20)21)18-11(19)9-5-4-8(6-17-9)13(14,15)16/h4-7,10H,3H2,1-2H3,(H,18,19)(H,20,21)/t7?,10-/m0/s1. The molecule has 0 fully saturated rings. The number of pyridine rings is 1. The van der Waals surface area contributed by atoms with Crippen LogP contribution >= 0.6 is 0 Å². The SMILES string of the molecule is CCC(C)[C@H](NC(=O)c1ccc(C(F)(F)F)cn1)C(=O)O. The van der Waals surface area contributed by atoms with Gasteiger partial charge in [0, 0.05) is 6.20 Å². The molecule has 0 aromatic carbocycles. The van der Waals surface area contributed by atoms with Crippen LogP contribution in [0.4, 0.5) is 13.2 Å². The molecule has 1 aromatic rings. The summed E-state index contributed by atoms with van der Waals surface area (Å²) in [4.78, 5) is 26.3. The Morgan fingerprint density at radius 1 is 1.38 bits per heavy atom. The highest BCUT2D eigenvalue weighted by Gasteiger charge is 2.31. The minimum absolute atomic E-state index is 0.266. The van der Waals surface area contributed by atoms with Crippen molar-refractivity contribution < 1.29 is 27.9 Å². The van der Waals surface area contributed by atoms with Crippen molar-refractivity contribution in [3.05, 3.63) is 29.6 Å². The molecule has 0 aliphatic heterocycles. The number of carboxylic acid groups (broad SMARTS) is 1. The highest BCUT2D eigenvalue weighted by molar-refractivity contribution is 5.95. The van der Waals surface area contributed by atoms with Gasteiger partial charge in [0.15, 0.2) is 0 Å². The number of hydrogen-bond acceptors (Lipinski definition) is 3. The highest BCUT2D eigenvalue weighted by Crippen LogP contribution is 2.28. The predicted octanol–water partition coefficient (Wildman–Crippen LogP) is 2.33. The maximum Gasteiger partial charge on any atom is 0.417 e. The lowest BCUT2D eigenvalue weighted by molar-refractivity contribution is -0.140. The van der Waals surface area contributed by atoms with Crippen LogP contribution in [0.25, 0.3) is 0 Å². The zero-order valence-corrected chi connectivity index (χ0v) is 11.4. The molecule has 0 aliphatic carbocycles. The smallest absolute Gasteiger partial charge is 0.417 e. The Bertz CT molecular complexity index is 514. The Morgan fingerprint density at radius 2 is 2.00 bits per heavy atom. The van der Waals surface area contributed by atoms with Gasteiger partial charge in [-0.2, -0.15) is 13.2 Å². The normalized spacial score (nSPS) is 14.3. The maximum atomic E-state index is 12.4. The fourth-order valence-electron chi connectivity index (χ4n) is 1.59. The fourth-order valence-corrected chi connectivity index (χ4v) is 1.59. The number of nitrogens with one attached hydrogen (secondary N) is 1. The third kappa shape index (κ3) is 4.44. The van der Waals surface area contributed by atoms with E-state index < -0.39 is 29.7 Å². The molecule has 1 amide bonds. The first-order valence-corrected chi connectivity index (χ1v) is 6.23. The van der Waals surface area contributed by atoms with Gasteiger partial charge < -0.3 is 10.4 Å². The van der Waals surface area contributed by atoms with Gasteiger partial charge in [0.1, 0.15) is 11.7 Å². The van der Waals surface area contributed by atoms with Crippen LogP contribution in [0.2, 0.25) is 0 Å². The summed E-state index contributed by atoms with van der Waals surface area (Å²) in [6.07, 6.45) is -3.48.